The molecule has 1 atom stereocenters. The molecule has 1 aliphatic heterocycles. The maximum Gasteiger partial charge on any atom is 0.321 e. The summed E-state index contributed by atoms with van der Waals surface area (Å²) in [7, 11) is 3.12. The maximum atomic E-state index is 13.4. The molecule has 0 saturated carbocycles. The van der Waals surface area contributed by atoms with Gasteiger partial charge in [-0.3, -0.25) is 19.8 Å². The van der Waals surface area contributed by atoms with Crippen LogP contribution < -0.4 is 25.0 Å². The Hall–Kier alpha value is -3.79. The highest BCUT2D eigenvalue weighted by molar-refractivity contribution is 8.15. The number of nitrogens with one attached hydrogen (secondary N) is 2. The lowest BCUT2D eigenvalue weighted by atomic mass is 10.2. The normalized spacial score (nSPS) is 15.1. The van der Waals surface area contributed by atoms with Crippen LogP contribution in [0.15, 0.2) is 59.2 Å². The van der Waals surface area contributed by atoms with Crippen LogP contribution in [0.1, 0.15) is 19.4 Å². The minimum absolute atomic E-state index is 0.215. The number of aliphatic imine (C=N–C) groups is 1. The van der Waals surface area contributed by atoms with E-state index in [1.807, 2.05) is 12.1 Å². The van der Waals surface area contributed by atoms with Crippen molar-refractivity contribution in [1.82, 2.24) is 10.6 Å². The summed E-state index contributed by atoms with van der Waals surface area (Å²) in [6, 6.07) is 13.6. The number of amidine groups is 1. The number of methoxy groups -OCH3 is 2. The number of thioether (sulfide) groups is 1. The fourth-order valence-corrected chi connectivity index (χ4v) is 3.97. The average molecular weight is 483 g/mol. The smallest absolute Gasteiger partial charge is 0.321 e. The van der Waals surface area contributed by atoms with Gasteiger partial charge in [0.05, 0.1) is 25.2 Å². The van der Waals surface area contributed by atoms with Crippen LogP contribution in [0.5, 0.6) is 11.5 Å². The number of urea groups is 1. The molecule has 0 fully saturated rings. The molecule has 2 aromatic rings. The van der Waals surface area contributed by atoms with Crippen molar-refractivity contribution in [2.24, 2.45) is 4.99 Å². The molecule has 0 saturated heterocycles. The molecule has 178 valence electrons. The van der Waals surface area contributed by atoms with Crippen LogP contribution in [-0.4, -0.2) is 49.0 Å². The van der Waals surface area contributed by atoms with E-state index in [1.165, 1.54) is 12.0 Å². The molecule has 9 nitrogen and oxygen atoms in total. The zero-order valence-corrected chi connectivity index (χ0v) is 20.1. The zero-order chi connectivity index (χ0) is 24.7. The molecule has 10 heteroatoms. The minimum Gasteiger partial charge on any atom is -0.497 e. The Morgan fingerprint density at radius 2 is 1.82 bits per heavy atom. The summed E-state index contributed by atoms with van der Waals surface area (Å²) in [5.74, 6) is 0.432. The number of benzene rings is 2. The monoisotopic (exact) mass is 482 g/mol. The van der Waals surface area contributed by atoms with Gasteiger partial charge in [-0.25, -0.2) is 9.79 Å². The highest BCUT2D eigenvalue weighted by Gasteiger charge is 2.34. The van der Waals surface area contributed by atoms with Gasteiger partial charge in [-0.05, 0) is 49.8 Å². The third-order valence-corrected chi connectivity index (χ3v) is 5.84. The van der Waals surface area contributed by atoms with Crippen molar-refractivity contribution in [3.63, 3.8) is 0 Å². The molecule has 1 unspecified atom stereocenters. The largest absolute Gasteiger partial charge is 0.497 e. The van der Waals surface area contributed by atoms with Gasteiger partial charge in [-0.2, -0.15) is 0 Å². The van der Waals surface area contributed by atoms with E-state index in [2.05, 4.69) is 15.6 Å². The van der Waals surface area contributed by atoms with Crippen molar-refractivity contribution < 1.29 is 23.9 Å². The summed E-state index contributed by atoms with van der Waals surface area (Å²) >= 11 is 1.08. The van der Waals surface area contributed by atoms with Crippen LogP contribution in [0.4, 0.5) is 10.5 Å². The Kier molecular flexibility index (Phi) is 8.31. The first-order chi connectivity index (χ1) is 16.4. The van der Waals surface area contributed by atoms with Gasteiger partial charge in [0, 0.05) is 12.6 Å². The van der Waals surface area contributed by atoms with Crippen molar-refractivity contribution in [2.45, 2.75) is 19.1 Å². The highest BCUT2D eigenvalue weighted by atomic mass is 32.2. The van der Waals surface area contributed by atoms with Gasteiger partial charge < -0.3 is 14.8 Å². The van der Waals surface area contributed by atoms with Crippen LogP contribution in [-0.2, 0) is 9.59 Å². The van der Waals surface area contributed by atoms with Crippen molar-refractivity contribution in [3.05, 3.63) is 59.8 Å². The molecule has 1 aliphatic rings. The second-order valence-corrected chi connectivity index (χ2v) is 8.46. The first-order valence-electron chi connectivity index (χ1n) is 10.5. The molecule has 0 aliphatic carbocycles. The molecule has 2 aromatic carbocycles. The fraction of sp³-hybridized carbons (Fsp3) is 0.250. The molecule has 4 amide bonds. The summed E-state index contributed by atoms with van der Waals surface area (Å²) in [5, 5.41) is 4.42. The second kappa shape index (κ2) is 11.4. The van der Waals surface area contributed by atoms with Crippen molar-refractivity contribution in [1.29, 1.82) is 0 Å². The lowest BCUT2D eigenvalue weighted by Gasteiger charge is -2.20. The Bertz CT molecular complexity index is 1130. The van der Waals surface area contributed by atoms with Crippen LogP contribution in [0.2, 0.25) is 0 Å². The number of carbonyl (C=O) groups excluding carboxylic acids is 3. The van der Waals surface area contributed by atoms with Gasteiger partial charge in [0.2, 0.25) is 5.91 Å². The summed E-state index contributed by atoms with van der Waals surface area (Å²) in [5.41, 5.74) is 1.53. The van der Waals surface area contributed by atoms with E-state index in [4.69, 9.17) is 9.47 Å². The molecule has 0 aromatic heterocycles. The van der Waals surface area contributed by atoms with Crippen molar-refractivity contribution in [3.8, 4) is 11.5 Å². The number of carbonyl (C=O) groups is 3. The summed E-state index contributed by atoms with van der Waals surface area (Å²) in [6.07, 6.45) is 1.67. The summed E-state index contributed by atoms with van der Waals surface area (Å²) < 4.78 is 10.5. The Balaban J connectivity index is 1.92. The topological polar surface area (TPSA) is 109 Å². The first kappa shape index (κ1) is 24.8. The van der Waals surface area contributed by atoms with Crippen molar-refractivity contribution in [2.75, 3.05) is 25.7 Å². The van der Waals surface area contributed by atoms with E-state index in [0.717, 1.165) is 17.3 Å². The number of imide groups is 1. The molecule has 34 heavy (non-hydrogen) atoms. The number of rotatable bonds is 7. The lowest BCUT2D eigenvalue weighted by molar-refractivity contribution is -0.119. The molecule has 0 spiro atoms. The minimum atomic E-state index is -0.692. The Morgan fingerprint density at radius 3 is 2.47 bits per heavy atom. The number of ether oxygens (including phenoxy) is 2. The predicted molar refractivity (Wildman–Crippen MR) is 133 cm³/mol. The summed E-state index contributed by atoms with van der Waals surface area (Å²) in [4.78, 5) is 43.5. The lowest BCUT2D eigenvalue weighted by Crippen LogP contribution is -2.43. The van der Waals surface area contributed by atoms with E-state index in [-0.39, 0.29) is 11.6 Å². The van der Waals surface area contributed by atoms with Crippen LogP contribution in [0.25, 0.3) is 6.08 Å². The molecule has 0 bridgehead atoms. The van der Waals surface area contributed by atoms with Gasteiger partial charge in [-0.15, -0.1) is 0 Å². The van der Waals surface area contributed by atoms with Gasteiger partial charge in [0.1, 0.15) is 17.2 Å². The van der Waals surface area contributed by atoms with E-state index in [1.54, 1.807) is 63.4 Å². The third-order valence-electron chi connectivity index (χ3n) is 4.79. The van der Waals surface area contributed by atoms with Crippen molar-refractivity contribution >= 4 is 46.5 Å². The standard InChI is InChI=1S/C24H26N4O5S/c1-5-25-23(31)27-21(29)15(2)34-24-26-20(13-16-9-11-18(32-3)12-10-16)22(30)28(24)17-7-6-8-19(14-17)33-4/h6-15H,5H2,1-4H3,(H2,25,27,29,31)/b20-13-. The van der Waals surface area contributed by atoms with Gasteiger partial charge in [0.25, 0.3) is 5.91 Å². The molecule has 0 radical (unpaired) electrons. The van der Waals surface area contributed by atoms with Gasteiger partial charge in [0.15, 0.2) is 5.17 Å². The van der Waals surface area contributed by atoms with Crippen LogP contribution >= 0.6 is 11.8 Å². The van der Waals surface area contributed by atoms with Crippen LogP contribution in [0, 0.1) is 0 Å². The Morgan fingerprint density at radius 1 is 1.12 bits per heavy atom. The molecular formula is C24H26N4O5S. The summed E-state index contributed by atoms with van der Waals surface area (Å²) in [6.45, 7) is 3.79. The van der Waals surface area contributed by atoms with Gasteiger partial charge >= 0.3 is 6.03 Å². The quantitative estimate of drug-likeness (QED) is 0.586. The number of hydrogen-bond donors (Lipinski definition) is 2. The molecule has 2 N–H and O–H groups in total. The number of anilines is 1. The zero-order valence-electron chi connectivity index (χ0n) is 19.3. The van der Waals surface area contributed by atoms with Crippen LogP contribution in [0.3, 0.4) is 0 Å². The highest BCUT2D eigenvalue weighted by Crippen LogP contribution is 2.33. The van der Waals surface area contributed by atoms with E-state index < -0.39 is 17.2 Å². The number of hydrogen-bond acceptors (Lipinski definition) is 7. The SMILES string of the molecule is CCNC(=O)NC(=O)C(C)SC1=N/C(=C\c2ccc(OC)cc2)C(=O)N1c1cccc(OC)c1. The Labute approximate surface area is 202 Å². The van der Waals surface area contributed by atoms with Gasteiger partial charge in [-0.1, -0.05) is 30.0 Å². The molecular weight excluding hydrogens is 456 g/mol. The molecule has 1 heterocycles. The predicted octanol–water partition coefficient (Wildman–Crippen LogP) is 3.41. The third kappa shape index (κ3) is 5.96. The number of nitrogens with zero attached hydrogens (tertiary/aromatic N) is 2. The van der Waals surface area contributed by atoms with E-state index in [0.29, 0.717) is 28.9 Å². The molecule has 3 rings (SSSR count). The van der Waals surface area contributed by atoms with E-state index in [9.17, 15) is 14.4 Å². The number of amides is 4. The maximum absolute atomic E-state index is 13.4. The fourth-order valence-electron chi connectivity index (χ4n) is 3.04. The van der Waals surface area contributed by atoms with E-state index >= 15 is 0 Å². The first-order valence-corrected chi connectivity index (χ1v) is 11.4. The second-order valence-electron chi connectivity index (χ2n) is 7.15. The average Bonchev–Trinajstić information content (AvgIpc) is 3.13.